The van der Waals surface area contributed by atoms with E-state index in [0.29, 0.717) is 30.7 Å². The smallest absolute Gasteiger partial charge is 0.227 e. The second-order valence-corrected chi connectivity index (χ2v) is 7.65. The topological polar surface area (TPSA) is 129 Å². The fourth-order valence-electron chi connectivity index (χ4n) is 3.17. The maximum atomic E-state index is 12.1. The normalized spacial score (nSPS) is 19.0. The molecule has 0 radical (unpaired) electrons. The van der Waals surface area contributed by atoms with Gasteiger partial charge >= 0.3 is 0 Å². The van der Waals surface area contributed by atoms with Gasteiger partial charge in [-0.05, 0) is 12.5 Å². The minimum atomic E-state index is -3.54. The summed E-state index contributed by atoms with van der Waals surface area (Å²) in [6.45, 7) is 0.707. The van der Waals surface area contributed by atoms with Gasteiger partial charge in [-0.3, -0.25) is 5.10 Å². The summed E-state index contributed by atoms with van der Waals surface area (Å²) in [6, 6.07) is 3.58. The first-order valence-corrected chi connectivity index (χ1v) is 9.00. The Kier molecular flexibility index (Phi) is 3.40. The van der Waals surface area contributed by atoms with Crippen LogP contribution in [0.25, 0.3) is 21.9 Å². The highest BCUT2D eigenvalue weighted by molar-refractivity contribution is 7.89. The lowest BCUT2D eigenvalue weighted by atomic mass is 10.00. The number of hydrogen-bond donors (Lipinski definition) is 1. The first-order valence-electron chi connectivity index (χ1n) is 7.39. The van der Waals surface area contributed by atoms with Crippen LogP contribution in [0.1, 0.15) is 18.0 Å². The number of H-pyrrole nitrogens is 1. The van der Waals surface area contributed by atoms with Gasteiger partial charge in [0.05, 0.1) is 12.3 Å². The molecule has 0 aromatic carbocycles. The van der Waals surface area contributed by atoms with Crippen LogP contribution in [-0.2, 0) is 10.0 Å². The zero-order chi connectivity index (χ0) is 16.7. The van der Waals surface area contributed by atoms with Gasteiger partial charge in [0.25, 0.3) is 0 Å². The highest BCUT2D eigenvalue weighted by Crippen LogP contribution is 2.33. The summed E-state index contributed by atoms with van der Waals surface area (Å²) in [5.41, 5.74) is 2.02. The molecule has 0 bridgehead atoms. The number of aromatic amines is 1. The lowest BCUT2D eigenvalue weighted by Crippen LogP contribution is -2.30. The molecule has 9 nitrogen and oxygen atoms in total. The molecule has 0 amide bonds. The van der Waals surface area contributed by atoms with Crippen molar-refractivity contribution in [3.8, 4) is 6.07 Å². The van der Waals surface area contributed by atoms with Crippen LogP contribution in [-0.4, -0.2) is 56.9 Å². The summed E-state index contributed by atoms with van der Waals surface area (Å²) in [5.74, 6) is -0.545. The summed E-state index contributed by atoms with van der Waals surface area (Å²) < 4.78 is 25.5. The van der Waals surface area contributed by atoms with Gasteiger partial charge in [0.15, 0.2) is 11.4 Å². The van der Waals surface area contributed by atoms with E-state index in [4.69, 9.17) is 5.26 Å². The standard InChI is InChI=1S/C14H13N7O2S/c15-3-6-24(22,23)21-5-2-9(8-21)13-12-10-1-4-16-14(10)20-18-11(12)7-17-19-13/h1,4,7,9,19H,2,5-6,8H2. The van der Waals surface area contributed by atoms with Crippen molar-refractivity contribution in [3.63, 3.8) is 0 Å². The number of fused-ring (bicyclic) bond motifs is 3. The van der Waals surface area contributed by atoms with Gasteiger partial charge in [0.1, 0.15) is 5.52 Å². The number of hydrogen-bond acceptors (Lipinski definition) is 7. The molecule has 1 fully saturated rings. The molecule has 122 valence electrons. The number of aromatic nitrogens is 5. The molecule has 4 heterocycles. The van der Waals surface area contributed by atoms with Crippen LogP contribution >= 0.6 is 0 Å². The van der Waals surface area contributed by atoms with Crippen LogP contribution in [0.3, 0.4) is 0 Å². The zero-order valence-corrected chi connectivity index (χ0v) is 13.4. The molecule has 24 heavy (non-hydrogen) atoms. The van der Waals surface area contributed by atoms with Crippen molar-refractivity contribution in [1.82, 2.24) is 29.7 Å². The Morgan fingerprint density at radius 1 is 1.42 bits per heavy atom. The van der Waals surface area contributed by atoms with Crippen molar-refractivity contribution in [1.29, 1.82) is 5.26 Å². The Labute approximate surface area is 137 Å². The fraction of sp³-hybridized carbons (Fsp3) is 0.357. The lowest BCUT2D eigenvalue weighted by molar-refractivity contribution is 0.475. The maximum Gasteiger partial charge on any atom is 0.227 e. The van der Waals surface area contributed by atoms with E-state index in [1.807, 2.05) is 6.07 Å². The minimum Gasteiger partial charge on any atom is -0.282 e. The Morgan fingerprint density at radius 2 is 2.29 bits per heavy atom. The van der Waals surface area contributed by atoms with E-state index >= 15 is 0 Å². The van der Waals surface area contributed by atoms with Crippen LogP contribution in [0.5, 0.6) is 0 Å². The van der Waals surface area contributed by atoms with Gasteiger partial charge in [-0.25, -0.2) is 17.7 Å². The highest BCUT2D eigenvalue weighted by Gasteiger charge is 2.33. The summed E-state index contributed by atoms with van der Waals surface area (Å²) >= 11 is 0. The molecule has 1 aliphatic heterocycles. The van der Waals surface area contributed by atoms with Gasteiger partial charge in [-0.2, -0.15) is 10.4 Å². The van der Waals surface area contributed by atoms with Gasteiger partial charge in [0.2, 0.25) is 10.0 Å². The summed E-state index contributed by atoms with van der Waals surface area (Å²) in [4.78, 5) is 4.16. The number of nitrogens with zero attached hydrogens (tertiary/aromatic N) is 6. The predicted molar refractivity (Wildman–Crippen MR) is 85.3 cm³/mol. The highest BCUT2D eigenvalue weighted by atomic mass is 32.2. The zero-order valence-electron chi connectivity index (χ0n) is 12.5. The molecule has 3 aromatic heterocycles. The van der Waals surface area contributed by atoms with Crippen molar-refractivity contribution in [3.05, 3.63) is 24.2 Å². The van der Waals surface area contributed by atoms with E-state index in [-0.39, 0.29) is 5.92 Å². The molecular weight excluding hydrogens is 330 g/mol. The number of nitrogens with one attached hydrogen (secondary N) is 1. The molecule has 1 atom stereocenters. The Balaban J connectivity index is 1.78. The average Bonchev–Trinajstić information content (AvgIpc) is 3.23. The van der Waals surface area contributed by atoms with Crippen molar-refractivity contribution in [2.75, 3.05) is 18.8 Å². The third-order valence-corrected chi connectivity index (χ3v) is 5.91. The molecule has 0 saturated carbocycles. The maximum absolute atomic E-state index is 12.1. The SMILES string of the molecule is N#CCS(=O)(=O)N1CCC(c2[nH]ncc3nnc4nccc4c23)C1. The first kappa shape index (κ1) is 14.9. The lowest BCUT2D eigenvalue weighted by Gasteiger charge is -2.15. The van der Waals surface area contributed by atoms with Gasteiger partial charge in [-0.1, -0.05) is 0 Å². The van der Waals surface area contributed by atoms with Crippen molar-refractivity contribution in [2.45, 2.75) is 12.3 Å². The Bertz CT molecular complexity index is 1070. The average molecular weight is 343 g/mol. The Morgan fingerprint density at radius 3 is 3.12 bits per heavy atom. The summed E-state index contributed by atoms with van der Waals surface area (Å²) in [6.07, 6.45) is 3.92. The van der Waals surface area contributed by atoms with Crippen LogP contribution in [0.15, 0.2) is 18.5 Å². The molecule has 10 heteroatoms. The van der Waals surface area contributed by atoms with Gasteiger partial charge < -0.3 is 0 Å². The van der Waals surface area contributed by atoms with E-state index in [1.54, 1.807) is 18.5 Å². The second kappa shape index (κ2) is 5.47. The summed E-state index contributed by atoms with van der Waals surface area (Å²) in [5, 5.41) is 25.7. The van der Waals surface area contributed by atoms with Gasteiger partial charge in [-0.15, -0.1) is 10.2 Å². The third-order valence-electron chi connectivity index (χ3n) is 4.30. The number of sulfonamides is 1. The molecule has 0 spiro atoms. The van der Waals surface area contributed by atoms with E-state index in [1.165, 1.54) is 4.31 Å². The van der Waals surface area contributed by atoms with Crippen molar-refractivity contribution in [2.24, 2.45) is 0 Å². The number of rotatable bonds is 3. The Hall–Kier alpha value is -2.64. The quantitative estimate of drug-likeness (QED) is 0.735. The molecule has 4 rings (SSSR count). The molecule has 0 aliphatic carbocycles. The van der Waals surface area contributed by atoms with E-state index in [2.05, 4.69) is 25.4 Å². The monoisotopic (exact) mass is 343 g/mol. The molecule has 1 unspecified atom stereocenters. The molecule has 1 N–H and O–H groups in total. The fourth-order valence-corrected chi connectivity index (χ4v) is 4.30. The van der Waals surface area contributed by atoms with E-state index in [9.17, 15) is 8.42 Å². The largest absolute Gasteiger partial charge is 0.282 e. The summed E-state index contributed by atoms with van der Waals surface area (Å²) in [7, 11) is -3.54. The van der Waals surface area contributed by atoms with Crippen LogP contribution in [0.4, 0.5) is 0 Å². The third kappa shape index (κ3) is 2.29. The van der Waals surface area contributed by atoms with Gasteiger partial charge in [0, 0.05) is 41.7 Å². The van der Waals surface area contributed by atoms with Crippen LogP contribution in [0, 0.1) is 11.3 Å². The van der Waals surface area contributed by atoms with Crippen LogP contribution < -0.4 is 0 Å². The van der Waals surface area contributed by atoms with Crippen molar-refractivity contribution >= 4 is 32.0 Å². The first-order chi connectivity index (χ1) is 11.6. The van der Waals surface area contributed by atoms with E-state index < -0.39 is 15.8 Å². The van der Waals surface area contributed by atoms with E-state index in [0.717, 1.165) is 16.5 Å². The molecular formula is C14H13N7O2S. The predicted octanol–water partition coefficient (Wildman–Crippen LogP) is 0.544. The van der Waals surface area contributed by atoms with Crippen molar-refractivity contribution < 1.29 is 8.42 Å². The molecule has 3 aromatic rings. The second-order valence-electron chi connectivity index (χ2n) is 5.68. The molecule has 1 aliphatic rings. The van der Waals surface area contributed by atoms with Crippen LogP contribution in [0.2, 0.25) is 0 Å². The minimum absolute atomic E-state index is 0.0445. The molecule has 1 saturated heterocycles. The number of nitriles is 1.